The van der Waals surface area contributed by atoms with E-state index < -0.39 is 0 Å². The van der Waals surface area contributed by atoms with E-state index in [1.165, 1.54) is 11.3 Å². The second-order valence-electron chi connectivity index (χ2n) is 4.83. The highest BCUT2D eigenvalue weighted by Gasteiger charge is 2.15. The van der Waals surface area contributed by atoms with E-state index in [9.17, 15) is 4.79 Å². The van der Waals surface area contributed by atoms with Crippen molar-refractivity contribution in [1.82, 2.24) is 10.3 Å². The van der Waals surface area contributed by atoms with Crippen LogP contribution in [0.5, 0.6) is 0 Å². The first-order valence-electron chi connectivity index (χ1n) is 7.58. The van der Waals surface area contributed by atoms with Gasteiger partial charge in [0.25, 0.3) is 0 Å². The predicted octanol–water partition coefficient (Wildman–Crippen LogP) is 5.50. The molecule has 2 N–H and O–H groups in total. The molecule has 4 nitrogen and oxygen atoms in total. The van der Waals surface area contributed by atoms with Crippen LogP contribution in [0.3, 0.4) is 0 Å². The minimum absolute atomic E-state index is 0.178. The Morgan fingerprint density at radius 2 is 2.04 bits per heavy atom. The van der Waals surface area contributed by atoms with Gasteiger partial charge in [-0.15, -0.1) is 11.8 Å². The Bertz CT molecular complexity index is 643. The van der Waals surface area contributed by atoms with E-state index in [0.717, 1.165) is 39.2 Å². The maximum Gasteiger partial charge on any atom is 0.319 e. The molecule has 2 amide bonds. The summed E-state index contributed by atoms with van der Waals surface area (Å²) < 4.78 is 0. The molecule has 0 saturated heterocycles. The molecule has 0 aliphatic heterocycles. The third-order valence-electron chi connectivity index (χ3n) is 3.01. The molecule has 0 aliphatic rings. The number of unbranched alkanes of at least 4 members (excludes halogenated alkanes) is 1. The van der Waals surface area contributed by atoms with Crippen LogP contribution in [0, 0.1) is 0 Å². The number of aromatic nitrogens is 1. The average Bonchev–Trinajstić information content (AvgIpc) is 2.91. The lowest BCUT2D eigenvalue weighted by Gasteiger charge is -2.06. The van der Waals surface area contributed by atoms with Gasteiger partial charge in [0, 0.05) is 17.1 Å². The first-order valence-corrected chi connectivity index (χ1v) is 9.76. The van der Waals surface area contributed by atoms with Gasteiger partial charge < -0.3 is 5.32 Å². The number of nitrogens with zero attached hydrogens (tertiary/aromatic N) is 1. The number of thioether (sulfide) groups is 1. The summed E-state index contributed by atoms with van der Waals surface area (Å²) in [7, 11) is 0. The Morgan fingerprint density at radius 1 is 1.30 bits per heavy atom. The molecule has 0 radical (unpaired) electrons. The lowest BCUT2D eigenvalue weighted by Crippen LogP contribution is -2.29. The van der Waals surface area contributed by atoms with Gasteiger partial charge in [0.05, 0.1) is 0 Å². The fraction of sp³-hybridized carbons (Fsp3) is 0.375. The number of amides is 2. The van der Waals surface area contributed by atoms with E-state index in [4.69, 9.17) is 11.6 Å². The molecule has 1 aromatic heterocycles. The van der Waals surface area contributed by atoms with Gasteiger partial charge in [-0.05, 0) is 24.3 Å². The molecule has 2 aromatic rings. The Hall–Kier alpha value is -1.24. The zero-order valence-corrected chi connectivity index (χ0v) is 15.6. The molecule has 1 aromatic carbocycles. The number of hydrogen-bond acceptors (Lipinski definition) is 4. The van der Waals surface area contributed by atoms with E-state index in [0.29, 0.717) is 11.6 Å². The first kappa shape index (κ1) is 18.1. The molecular weight excluding hydrogens is 350 g/mol. The van der Waals surface area contributed by atoms with Gasteiger partial charge in [-0.1, -0.05) is 55.3 Å². The summed E-state index contributed by atoms with van der Waals surface area (Å²) in [6, 6.07) is 7.38. The van der Waals surface area contributed by atoms with Crippen molar-refractivity contribution >= 4 is 45.7 Å². The maximum absolute atomic E-state index is 12.0. The minimum atomic E-state index is -0.178. The summed E-state index contributed by atoms with van der Waals surface area (Å²) >= 11 is 9.03. The molecular formula is C16H20ClN3OS2. The molecule has 7 heteroatoms. The highest BCUT2D eigenvalue weighted by molar-refractivity contribution is 7.99. The van der Waals surface area contributed by atoms with E-state index in [1.54, 1.807) is 11.8 Å². The number of nitrogens with one attached hydrogen (secondary N) is 2. The normalized spacial score (nSPS) is 10.6. The Balaban J connectivity index is 2.14. The number of urea groups is 1. The molecule has 1 heterocycles. The van der Waals surface area contributed by atoms with Crippen molar-refractivity contribution in [2.45, 2.75) is 31.7 Å². The number of halogens is 1. The molecule has 23 heavy (non-hydrogen) atoms. The average molecular weight is 370 g/mol. The maximum atomic E-state index is 12.0. The van der Waals surface area contributed by atoms with Gasteiger partial charge in [-0.25, -0.2) is 9.78 Å². The lowest BCUT2D eigenvalue weighted by molar-refractivity contribution is 0.252. The Labute approximate surface area is 150 Å². The van der Waals surface area contributed by atoms with Crippen LogP contribution in [0.25, 0.3) is 10.6 Å². The Kier molecular flexibility index (Phi) is 7.20. The summed E-state index contributed by atoms with van der Waals surface area (Å²) in [4.78, 5) is 16.6. The van der Waals surface area contributed by atoms with E-state index >= 15 is 0 Å². The van der Waals surface area contributed by atoms with Crippen LogP contribution in [-0.4, -0.2) is 23.3 Å². The van der Waals surface area contributed by atoms with Gasteiger partial charge in [0.15, 0.2) is 0 Å². The van der Waals surface area contributed by atoms with Crippen molar-refractivity contribution in [2.75, 3.05) is 17.6 Å². The second-order valence-corrected chi connectivity index (χ2v) is 7.52. The number of anilines is 1. The van der Waals surface area contributed by atoms with Crippen molar-refractivity contribution in [2.24, 2.45) is 0 Å². The molecule has 0 aliphatic carbocycles. The summed E-state index contributed by atoms with van der Waals surface area (Å²) in [5, 5.41) is 8.99. The van der Waals surface area contributed by atoms with Gasteiger partial charge >= 0.3 is 6.03 Å². The van der Waals surface area contributed by atoms with Crippen molar-refractivity contribution < 1.29 is 4.79 Å². The lowest BCUT2D eigenvalue weighted by atomic mass is 10.2. The topological polar surface area (TPSA) is 54.0 Å². The van der Waals surface area contributed by atoms with Crippen molar-refractivity contribution in [3.05, 3.63) is 29.3 Å². The highest BCUT2D eigenvalue weighted by Crippen LogP contribution is 2.37. The van der Waals surface area contributed by atoms with E-state index in [-0.39, 0.29) is 6.03 Å². The first-order chi connectivity index (χ1) is 11.1. The number of hydrogen-bond donors (Lipinski definition) is 2. The SMILES string of the molecule is CCCCNC(=O)Nc1sc(-c2ccc(Cl)cc2)nc1SCC. The van der Waals surface area contributed by atoms with Crippen molar-refractivity contribution in [1.29, 1.82) is 0 Å². The zero-order valence-electron chi connectivity index (χ0n) is 13.2. The van der Waals surface area contributed by atoms with Crippen LogP contribution in [0.4, 0.5) is 9.80 Å². The predicted molar refractivity (Wildman–Crippen MR) is 101 cm³/mol. The fourth-order valence-corrected chi connectivity index (χ4v) is 3.82. The molecule has 0 unspecified atom stereocenters. The van der Waals surface area contributed by atoms with Crippen LogP contribution in [0.2, 0.25) is 5.02 Å². The van der Waals surface area contributed by atoms with Gasteiger partial charge in [0.1, 0.15) is 15.0 Å². The monoisotopic (exact) mass is 369 g/mol. The third-order valence-corrected chi connectivity index (χ3v) is 5.27. The summed E-state index contributed by atoms with van der Waals surface area (Å²) in [6.45, 7) is 4.84. The largest absolute Gasteiger partial charge is 0.338 e. The zero-order chi connectivity index (χ0) is 16.7. The molecule has 0 bridgehead atoms. The van der Waals surface area contributed by atoms with Gasteiger partial charge in [0.2, 0.25) is 0 Å². The second kappa shape index (κ2) is 9.15. The summed E-state index contributed by atoms with van der Waals surface area (Å²) in [5.74, 6) is 0.899. The molecule has 0 atom stereocenters. The van der Waals surface area contributed by atoms with Crippen LogP contribution in [0.1, 0.15) is 26.7 Å². The number of carbonyl (C=O) groups is 1. The third kappa shape index (κ3) is 5.41. The van der Waals surface area contributed by atoms with Crippen LogP contribution >= 0.6 is 34.7 Å². The summed E-state index contributed by atoms with van der Waals surface area (Å²) in [6.07, 6.45) is 2.03. The molecule has 124 valence electrons. The van der Waals surface area contributed by atoms with Gasteiger partial charge in [-0.2, -0.15) is 0 Å². The molecule has 0 saturated carbocycles. The van der Waals surface area contributed by atoms with Crippen LogP contribution < -0.4 is 10.6 Å². The highest BCUT2D eigenvalue weighted by atomic mass is 35.5. The number of rotatable bonds is 7. The van der Waals surface area contributed by atoms with Crippen molar-refractivity contribution in [3.63, 3.8) is 0 Å². The smallest absolute Gasteiger partial charge is 0.319 e. The number of benzene rings is 1. The quantitative estimate of drug-likeness (QED) is 0.500. The fourth-order valence-electron chi connectivity index (χ4n) is 1.86. The molecule has 0 spiro atoms. The van der Waals surface area contributed by atoms with E-state index in [2.05, 4.69) is 29.5 Å². The van der Waals surface area contributed by atoms with Crippen molar-refractivity contribution in [3.8, 4) is 10.6 Å². The van der Waals surface area contributed by atoms with Crippen LogP contribution in [0.15, 0.2) is 29.3 Å². The number of carbonyl (C=O) groups excluding carboxylic acids is 1. The van der Waals surface area contributed by atoms with E-state index in [1.807, 2.05) is 24.3 Å². The van der Waals surface area contributed by atoms with Gasteiger partial charge in [-0.3, -0.25) is 5.32 Å². The number of thiazole rings is 1. The molecule has 2 rings (SSSR count). The molecule has 0 fully saturated rings. The van der Waals surface area contributed by atoms with Crippen LogP contribution in [-0.2, 0) is 0 Å². The minimum Gasteiger partial charge on any atom is -0.338 e. The standard InChI is InChI=1S/C16H20ClN3OS2/c1-3-5-10-18-16(21)20-15-14(22-4-2)19-13(23-15)11-6-8-12(17)9-7-11/h6-9H,3-5,10H2,1-2H3,(H2,18,20,21). The Morgan fingerprint density at radius 3 is 2.70 bits per heavy atom. The summed E-state index contributed by atoms with van der Waals surface area (Å²) in [5.41, 5.74) is 0.997.